The molecule has 17 heavy (non-hydrogen) atoms. The van der Waals surface area contributed by atoms with Gasteiger partial charge < -0.3 is 10.2 Å². The first-order valence-electron chi connectivity index (χ1n) is 6.05. The van der Waals surface area contributed by atoms with Crippen LogP contribution < -0.4 is 10.2 Å². The molecule has 1 aromatic rings. The number of rotatable bonds is 4. The Bertz CT molecular complexity index is 406. The van der Waals surface area contributed by atoms with Gasteiger partial charge >= 0.3 is 0 Å². The van der Waals surface area contributed by atoms with Crippen molar-refractivity contribution in [2.75, 3.05) is 24.5 Å². The summed E-state index contributed by atoms with van der Waals surface area (Å²) in [5.74, 6) is 0.700. The van der Waals surface area contributed by atoms with Crippen molar-refractivity contribution in [2.45, 2.75) is 25.8 Å². The summed E-state index contributed by atoms with van der Waals surface area (Å²) in [6, 6.07) is 4.39. The number of hydrogen-bond acceptors (Lipinski definition) is 5. The first-order chi connectivity index (χ1) is 8.35. The molecule has 2 rings (SSSR count). The first kappa shape index (κ1) is 11.8. The summed E-state index contributed by atoms with van der Waals surface area (Å²) in [5, 5.41) is 20.5. The van der Waals surface area contributed by atoms with Crippen molar-refractivity contribution in [3.63, 3.8) is 0 Å². The summed E-state index contributed by atoms with van der Waals surface area (Å²) < 4.78 is 0. The number of hydrogen-bond donors (Lipinski definition) is 1. The van der Waals surface area contributed by atoms with Gasteiger partial charge in [-0.3, -0.25) is 0 Å². The Morgan fingerprint density at radius 3 is 3.18 bits per heavy atom. The van der Waals surface area contributed by atoms with E-state index in [4.69, 9.17) is 5.26 Å². The van der Waals surface area contributed by atoms with Crippen LogP contribution in [0, 0.1) is 11.3 Å². The van der Waals surface area contributed by atoms with Crippen LogP contribution in [0.25, 0.3) is 0 Å². The van der Waals surface area contributed by atoms with Gasteiger partial charge in [0.2, 0.25) is 0 Å². The molecule has 1 aromatic heterocycles. The molecule has 1 saturated heterocycles. The van der Waals surface area contributed by atoms with Crippen molar-refractivity contribution in [3.8, 4) is 6.07 Å². The third-order valence-electron chi connectivity index (χ3n) is 3.11. The highest BCUT2D eigenvalue weighted by Gasteiger charge is 2.19. The fourth-order valence-corrected chi connectivity index (χ4v) is 2.19. The molecule has 0 bridgehead atoms. The molecule has 0 amide bonds. The standard InChI is InChI=1S/C12H17N5/c1-2-17(9-11-4-3-6-14-11)12-10(8-13)5-7-15-16-12/h5,7,11,14H,2-4,6,9H2,1H3. The van der Waals surface area contributed by atoms with Gasteiger partial charge in [0.1, 0.15) is 6.07 Å². The number of anilines is 1. The number of aromatic nitrogens is 2. The summed E-state index contributed by atoms with van der Waals surface area (Å²) in [6.45, 7) is 4.90. The second kappa shape index (κ2) is 5.60. The molecule has 2 heterocycles. The van der Waals surface area contributed by atoms with Crippen molar-refractivity contribution in [3.05, 3.63) is 17.8 Å². The molecular weight excluding hydrogens is 214 g/mol. The summed E-state index contributed by atoms with van der Waals surface area (Å²) in [4.78, 5) is 2.12. The first-order valence-corrected chi connectivity index (χ1v) is 6.05. The van der Waals surface area contributed by atoms with E-state index in [1.54, 1.807) is 12.3 Å². The SMILES string of the molecule is CCN(CC1CCCN1)c1nnccc1C#N. The molecule has 0 saturated carbocycles. The Morgan fingerprint density at radius 1 is 1.65 bits per heavy atom. The molecule has 1 unspecified atom stereocenters. The zero-order valence-corrected chi connectivity index (χ0v) is 10.1. The predicted octanol–water partition coefficient (Wildman–Crippen LogP) is 0.927. The van der Waals surface area contributed by atoms with Crippen LogP contribution in [0.15, 0.2) is 12.3 Å². The average Bonchev–Trinajstić information content (AvgIpc) is 2.89. The summed E-state index contributed by atoms with van der Waals surface area (Å²) >= 11 is 0. The zero-order chi connectivity index (χ0) is 12.1. The second-order valence-electron chi connectivity index (χ2n) is 4.21. The smallest absolute Gasteiger partial charge is 0.169 e. The Morgan fingerprint density at radius 2 is 2.53 bits per heavy atom. The zero-order valence-electron chi connectivity index (χ0n) is 10.1. The highest BCUT2D eigenvalue weighted by atomic mass is 15.3. The van der Waals surface area contributed by atoms with Gasteiger partial charge in [-0.1, -0.05) is 0 Å². The maximum absolute atomic E-state index is 9.06. The molecule has 1 fully saturated rings. The summed E-state index contributed by atoms with van der Waals surface area (Å²) in [7, 11) is 0. The van der Waals surface area contributed by atoms with Crippen LogP contribution in [0.4, 0.5) is 5.82 Å². The Hall–Kier alpha value is -1.67. The van der Waals surface area contributed by atoms with E-state index in [2.05, 4.69) is 33.4 Å². The van der Waals surface area contributed by atoms with E-state index in [1.807, 2.05) is 0 Å². The van der Waals surface area contributed by atoms with Crippen LogP contribution in [0.3, 0.4) is 0 Å². The lowest BCUT2D eigenvalue weighted by molar-refractivity contribution is 0.582. The lowest BCUT2D eigenvalue weighted by Crippen LogP contribution is -2.38. The molecular formula is C12H17N5. The van der Waals surface area contributed by atoms with Crippen LogP contribution in [0.2, 0.25) is 0 Å². The van der Waals surface area contributed by atoms with Gasteiger partial charge in [0, 0.05) is 19.1 Å². The van der Waals surface area contributed by atoms with E-state index in [-0.39, 0.29) is 0 Å². The van der Waals surface area contributed by atoms with Crippen molar-refractivity contribution in [1.82, 2.24) is 15.5 Å². The molecule has 0 spiro atoms. The van der Waals surface area contributed by atoms with Gasteiger partial charge in [-0.15, -0.1) is 5.10 Å². The fourth-order valence-electron chi connectivity index (χ4n) is 2.19. The molecule has 1 aliphatic rings. The minimum Gasteiger partial charge on any atom is -0.353 e. The topological polar surface area (TPSA) is 64.8 Å². The quantitative estimate of drug-likeness (QED) is 0.835. The van der Waals surface area contributed by atoms with Gasteiger partial charge in [0.05, 0.1) is 11.8 Å². The Kier molecular flexibility index (Phi) is 3.89. The minimum absolute atomic E-state index is 0.503. The molecule has 1 N–H and O–H groups in total. The van der Waals surface area contributed by atoms with Crippen molar-refractivity contribution in [2.24, 2.45) is 0 Å². The van der Waals surface area contributed by atoms with E-state index in [1.165, 1.54) is 12.8 Å². The molecule has 0 aromatic carbocycles. The van der Waals surface area contributed by atoms with Crippen molar-refractivity contribution < 1.29 is 0 Å². The van der Waals surface area contributed by atoms with Crippen molar-refractivity contribution >= 4 is 5.82 Å². The number of nitrogens with zero attached hydrogens (tertiary/aromatic N) is 4. The molecule has 5 nitrogen and oxygen atoms in total. The molecule has 90 valence electrons. The van der Waals surface area contributed by atoms with E-state index in [0.29, 0.717) is 17.4 Å². The van der Waals surface area contributed by atoms with Crippen LogP contribution >= 0.6 is 0 Å². The van der Waals surface area contributed by atoms with E-state index < -0.39 is 0 Å². The van der Waals surface area contributed by atoms with Gasteiger partial charge in [-0.2, -0.15) is 10.4 Å². The number of likely N-dealkylation sites (N-methyl/N-ethyl adjacent to an activating group) is 1. The average molecular weight is 231 g/mol. The molecule has 0 aliphatic carbocycles. The second-order valence-corrected chi connectivity index (χ2v) is 4.21. The highest BCUT2D eigenvalue weighted by Crippen LogP contribution is 2.17. The third-order valence-corrected chi connectivity index (χ3v) is 3.11. The molecule has 0 radical (unpaired) electrons. The molecule has 5 heteroatoms. The van der Waals surface area contributed by atoms with Crippen LogP contribution in [0.5, 0.6) is 0 Å². The van der Waals surface area contributed by atoms with Gasteiger partial charge in [0.25, 0.3) is 0 Å². The Balaban J connectivity index is 2.14. The van der Waals surface area contributed by atoms with E-state index in [9.17, 15) is 0 Å². The normalized spacial score (nSPS) is 18.9. The molecule has 1 aliphatic heterocycles. The van der Waals surface area contributed by atoms with Crippen molar-refractivity contribution in [1.29, 1.82) is 5.26 Å². The molecule has 1 atom stereocenters. The third kappa shape index (κ3) is 2.71. The van der Waals surface area contributed by atoms with Crippen LogP contribution in [-0.2, 0) is 0 Å². The van der Waals surface area contributed by atoms with Gasteiger partial charge in [0.15, 0.2) is 5.82 Å². The summed E-state index contributed by atoms with van der Waals surface area (Å²) in [6.07, 6.45) is 3.98. The summed E-state index contributed by atoms with van der Waals surface area (Å²) in [5.41, 5.74) is 0.597. The van der Waals surface area contributed by atoms with Crippen LogP contribution in [0.1, 0.15) is 25.3 Å². The van der Waals surface area contributed by atoms with Gasteiger partial charge in [-0.05, 0) is 32.4 Å². The predicted molar refractivity (Wildman–Crippen MR) is 65.7 cm³/mol. The lowest BCUT2D eigenvalue weighted by atomic mass is 10.2. The van der Waals surface area contributed by atoms with Crippen LogP contribution in [-0.4, -0.2) is 35.9 Å². The Labute approximate surface area is 101 Å². The lowest BCUT2D eigenvalue weighted by Gasteiger charge is -2.25. The highest BCUT2D eigenvalue weighted by molar-refractivity contribution is 5.52. The fraction of sp³-hybridized carbons (Fsp3) is 0.583. The number of nitriles is 1. The van der Waals surface area contributed by atoms with Gasteiger partial charge in [-0.25, -0.2) is 0 Å². The van der Waals surface area contributed by atoms with E-state index in [0.717, 1.165) is 19.6 Å². The largest absolute Gasteiger partial charge is 0.353 e. The monoisotopic (exact) mass is 231 g/mol. The number of nitrogens with one attached hydrogen (secondary N) is 1. The van der Waals surface area contributed by atoms with E-state index >= 15 is 0 Å². The minimum atomic E-state index is 0.503. The maximum atomic E-state index is 9.06. The maximum Gasteiger partial charge on any atom is 0.169 e.